The van der Waals surface area contributed by atoms with Crippen molar-refractivity contribution in [3.05, 3.63) is 59.7 Å². The standard InChI is InChI=1S/C27H35N3O5/c1-3-20-8-10-21(11-9-20)22-12-14-23(15-13-22)26(33)28-25(19(2)31)24(32)7-6-18-30(35)27(34)29-16-4-5-17-29/h8-15,19,25,31,35H,3-7,16-18H2,1-2H3,(H,28,33)/t19-,25+/m1/s1. The molecule has 0 radical (unpaired) electrons. The van der Waals surface area contributed by atoms with E-state index in [0.717, 1.165) is 30.4 Å². The van der Waals surface area contributed by atoms with E-state index in [1.54, 1.807) is 17.0 Å². The molecule has 2 atom stereocenters. The van der Waals surface area contributed by atoms with E-state index in [0.29, 0.717) is 23.7 Å². The minimum atomic E-state index is -1.08. The summed E-state index contributed by atoms with van der Waals surface area (Å²) in [7, 11) is 0. The van der Waals surface area contributed by atoms with Crippen LogP contribution < -0.4 is 5.32 Å². The molecule has 3 amide bonds. The molecule has 0 aromatic heterocycles. The number of nitrogens with one attached hydrogen (secondary N) is 1. The number of hydrogen-bond acceptors (Lipinski definition) is 5. The molecule has 0 saturated carbocycles. The van der Waals surface area contributed by atoms with Gasteiger partial charge in [-0.3, -0.25) is 14.8 Å². The van der Waals surface area contributed by atoms with Gasteiger partial charge in [-0.2, -0.15) is 0 Å². The summed E-state index contributed by atoms with van der Waals surface area (Å²) in [5.74, 6) is -0.812. The molecule has 1 aliphatic rings. The van der Waals surface area contributed by atoms with Crippen molar-refractivity contribution < 1.29 is 24.7 Å². The average Bonchev–Trinajstić information content (AvgIpc) is 3.41. The predicted octanol–water partition coefficient (Wildman–Crippen LogP) is 3.65. The van der Waals surface area contributed by atoms with Gasteiger partial charge < -0.3 is 15.3 Å². The molecule has 1 aliphatic heterocycles. The van der Waals surface area contributed by atoms with E-state index in [-0.39, 0.29) is 25.2 Å². The van der Waals surface area contributed by atoms with Crippen LogP contribution in [0.25, 0.3) is 11.1 Å². The summed E-state index contributed by atoms with van der Waals surface area (Å²) in [4.78, 5) is 39.1. The molecule has 188 valence electrons. The first-order chi connectivity index (χ1) is 16.8. The largest absolute Gasteiger partial charge is 0.391 e. The minimum Gasteiger partial charge on any atom is -0.391 e. The maximum Gasteiger partial charge on any atom is 0.343 e. The Labute approximate surface area is 206 Å². The number of hydroxylamine groups is 2. The first kappa shape index (κ1) is 26.4. The number of aryl methyl sites for hydroxylation is 1. The average molecular weight is 482 g/mol. The van der Waals surface area contributed by atoms with Crippen molar-refractivity contribution >= 4 is 17.7 Å². The number of Topliss-reactive ketones (excluding diaryl/α,β-unsaturated/α-hetero) is 1. The Bertz CT molecular complexity index is 998. The lowest BCUT2D eigenvalue weighted by Gasteiger charge is -2.23. The monoisotopic (exact) mass is 481 g/mol. The van der Waals surface area contributed by atoms with E-state index in [1.165, 1.54) is 12.5 Å². The van der Waals surface area contributed by atoms with Crippen molar-refractivity contribution in [1.29, 1.82) is 0 Å². The Balaban J connectivity index is 1.53. The number of hydrogen-bond donors (Lipinski definition) is 3. The molecule has 2 aromatic rings. The van der Waals surface area contributed by atoms with Crippen LogP contribution >= 0.6 is 0 Å². The van der Waals surface area contributed by atoms with Gasteiger partial charge in [-0.05, 0) is 61.4 Å². The van der Waals surface area contributed by atoms with Crippen molar-refractivity contribution in [2.75, 3.05) is 19.6 Å². The lowest BCUT2D eigenvalue weighted by molar-refractivity contribution is -0.123. The van der Waals surface area contributed by atoms with Crippen LogP contribution in [0.15, 0.2) is 48.5 Å². The number of likely N-dealkylation sites (tertiary alicyclic amines) is 1. The molecular formula is C27H35N3O5. The third kappa shape index (κ3) is 7.13. The number of ketones is 1. The summed E-state index contributed by atoms with van der Waals surface area (Å²) in [6.07, 6.45) is 1.95. The lowest BCUT2D eigenvalue weighted by atomic mass is 10.0. The Kier molecular flexibility index (Phi) is 9.39. The normalized spacial score (nSPS) is 14.9. The minimum absolute atomic E-state index is 0.00223. The van der Waals surface area contributed by atoms with Crippen molar-refractivity contribution in [3.8, 4) is 11.1 Å². The third-order valence-electron chi connectivity index (χ3n) is 6.35. The summed E-state index contributed by atoms with van der Waals surface area (Å²) in [6.45, 7) is 4.79. The molecule has 8 heteroatoms. The maximum absolute atomic E-state index is 12.7. The van der Waals surface area contributed by atoms with E-state index < -0.39 is 24.1 Å². The van der Waals surface area contributed by atoms with Crippen molar-refractivity contribution in [2.45, 2.75) is 58.1 Å². The fourth-order valence-corrected chi connectivity index (χ4v) is 4.17. The zero-order valence-corrected chi connectivity index (χ0v) is 20.4. The van der Waals surface area contributed by atoms with Crippen LogP contribution in [0.2, 0.25) is 0 Å². The Hall–Kier alpha value is -3.23. The number of aliphatic hydroxyl groups excluding tert-OH is 1. The van der Waals surface area contributed by atoms with Gasteiger partial charge in [-0.1, -0.05) is 43.3 Å². The third-order valence-corrected chi connectivity index (χ3v) is 6.35. The Morgan fingerprint density at radius 1 is 1.00 bits per heavy atom. The van der Waals surface area contributed by atoms with Crippen molar-refractivity contribution in [2.24, 2.45) is 0 Å². The van der Waals surface area contributed by atoms with Crippen LogP contribution in [0.5, 0.6) is 0 Å². The first-order valence-electron chi connectivity index (χ1n) is 12.3. The molecule has 0 spiro atoms. The maximum atomic E-state index is 12.7. The summed E-state index contributed by atoms with van der Waals surface area (Å²) in [6, 6.07) is 13.8. The van der Waals surface area contributed by atoms with Crippen molar-refractivity contribution in [1.82, 2.24) is 15.3 Å². The van der Waals surface area contributed by atoms with Crippen LogP contribution in [-0.4, -0.2) is 69.8 Å². The van der Waals surface area contributed by atoms with E-state index >= 15 is 0 Å². The Morgan fingerprint density at radius 3 is 2.11 bits per heavy atom. The molecule has 2 aromatic carbocycles. The second-order valence-corrected chi connectivity index (χ2v) is 8.99. The van der Waals surface area contributed by atoms with Gasteiger partial charge in [0.15, 0.2) is 5.78 Å². The highest BCUT2D eigenvalue weighted by molar-refractivity contribution is 5.98. The SMILES string of the molecule is CCc1ccc(-c2ccc(C(=O)N[C@H](C(=O)CCCN(O)C(=O)N3CCCC3)[C@@H](C)O)cc2)cc1. The molecule has 0 unspecified atom stereocenters. The zero-order chi connectivity index (χ0) is 25.4. The highest BCUT2D eigenvalue weighted by Gasteiger charge is 2.27. The molecule has 1 heterocycles. The van der Waals surface area contributed by atoms with E-state index in [4.69, 9.17) is 0 Å². The first-order valence-corrected chi connectivity index (χ1v) is 12.3. The van der Waals surface area contributed by atoms with Crippen molar-refractivity contribution in [3.63, 3.8) is 0 Å². The fourth-order valence-electron chi connectivity index (χ4n) is 4.17. The van der Waals surface area contributed by atoms with E-state index in [1.807, 2.05) is 24.3 Å². The van der Waals surface area contributed by atoms with Gasteiger partial charge in [0.2, 0.25) is 0 Å². The number of carbonyl (C=O) groups is 3. The van der Waals surface area contributed by atoms with Gasteiger partial charge in [0.1, 0.15) is 6.04 Å². The Morgan fingerprint density at radius 2 is 1.57 bits per heavy atom. The number of rotatable bonds is 10. The highest BCUT2D eigenvalue weighted by atomic mass is 16.5. The zero-order valence-electron chi connectivity index (χ0n) is 20.4. The number of urea groups is 1. The fraction of sp³-hybridized carbons (Fsp3) is 0.444. The smallest absolute Gasteiger partial charge is 0.343 e. The summed E-state index contributed by atoms with van der Waals surface area (Å²) >= 11 is 0. The predicted molar refractivity (Wildman–Crippen MR) is 133 cm³/mol. The molecule has 0 bridgehead atoms. The van der Waals surface area contributed by atoms with Crippen LogP contribution in [0, 0.1) is 0 Å². The highest BCUT2D eigenvalue weighted by Crippen LogP contribution is 2.21. The summed E-state index contributed by atoms with van der Waals surface area (Å²) in [5.41, 5.74) is 3.66. The van der Waals surface area contributed by atoms with Gasteiger partial charge in [0.05, 0.1) is 12.6 Å². The van der Waals surface area contributed by atoms with Crippen LogP contribution in [0.4, 0.5) is 4.79 Å². The molecule has 3 N–H and O–H groups in total. The lowest BCUT2D eigenvalue weighted by Crippen LogP contribution is -2.48. The number of nitrogens with zero attached hydrogens (tertiary/aromatic N) is 2. The summed E-state index contributed by atoms with van der Waals surface area (Å²) < 4.78 is 0. The van der Waals surface area contributed by atoms with Gasteiger partial charge >= 0.3 is 6.03 Å². The number of benzene rings is 2. The van der Waals surface area contributed by atoms with E-state index in [2.05, 4.69) is 24.4 Å². The van der Waals surface area contributed by atoms with Gasteiger partial charge in [0, 0.05) is 25.1 Å². The molecule has 35 heavy (non-hydrogen) atoms. The second kappa shape index (κ2) is 12.5. The molecule has 8 nitrogen and oxygen atoms in total. The number of amides is 3. The molecule has 3 rings (SSSR count). The van der Waals surface area contributed by atoms with Gasteiger partial charge in [-0.25, -0.2) is 9.86 Å². The quantitative estimate of drug-likeness (QED) is 0.354. The second-order valence-electron chi connectivity index (χ2n) is 8.99. The topological polar surface area (TPSA) is 110 Å². The van der Waals surface area contributed by atoms with Gasteiger partial charge in [0.25, 0.3) is 5.91 Å². The number of aliphatic hydroxyl groups is 1. The summed E-state index contributed by atoms with van der Waals surface area (Å²) in [5, 5.41) is 23.3. The van der Waals surface area contributed by atoms with Crippen LogP contribution in [0.1, 0.15) is 55.5 Å². The molecular weight excluding hydrogens is 446 g/mol. The molecule has 1 saturated heterocycles. The van der Waals surface area contributed by atoms with Crippen LogP contribution in [-0.2, 0) is 11.2 Å². The van der Waals surface area contributed by atoms with Gasteiger partial charge in [-0.15, -0.1) is 0 Å². The van der Waals surface area contributed by atoms with E-state index in [9.17, 15) is 24.7 Å². The molecule has 0 aliphatic carbocycles. The number of carbonyl (C=O) groups excluding carboxylic acids is 3. The van der Waals surface area contributed by atoms with Crippen LogP contribution in [0.3, 0.4) is 0 Å². The molecule has 1 fully saturated rings.